The fraction of sp³-hybridized carbons (Fsp3) is 0.667. The molecule has 0 spiro atoms. The molecule has 0 heterocycles. The molecule has 0 fully saturated rings. The van der Waals surface area contributed by atoms with Crippen LogP contribution < -0.4 is 0 Å². The Morgan fingerprint density at radius 2 is 1.84 bits per heavy atom. The number of esters is 3. The van der Waals surface area contributed by atoms with E-state index in [4.69, 9.17) is 0 Å². The van der Waals surface area contributed by atoms with Crippen molar-refractivity contribution >= 4 is 24.1 Å². The fourth-order valence-electron chi connectivity index (χ4n) is 0.852. The van der Waals surface area contributed by atoms with Crippen molar-refractivity contribution in [2.45, 2.75) is 39.3 Å². The fourth-order valence-corrected chi connectivity index (χ4v) is 0.852. The van der Waals surface area contributed by atoms with E-state index in [-0.39, 0.29) is 6.61 Å². The molecule has 0 N–H and O–H groups in total. The highest BCUT2D eigenvalue weighted by atomic mass is 16.6. The largest absolute Gasteiger partial charge is 0.449 e. The monoisotopic (exact) mass is 273 g/mol. The first kappa shape index (κ1) is 17.2. The summed E-state index contributed by atoms with van der Waals surface area (Å²) < 4.78 is 13.6. The van der Waals surface area contributed by atoms with Gasteiger partial charge in [0, 0.05) is 7.11 Å². The van der Waals surface area contributed by atoms with Crippen LogP contribution in [-0.4, -0.2) is 49.5 Å². The number of ether oxygens (including phenoxy) is 3. The highest BCUT2D eigenvalue weighted by Gasteiger charge is 2.21. The molecule has 19 heavy (non-hydrogen) atoms. The second-order valence-corrected chi connectivity index (χ2v) is 4.73. The van der Waals surface area contributed by atoms with Gasteiger partial charge in [-0.05, 0) is 27.7 Å². The van der Waals surface area contributed by atoms with Crippen molar-refractivity contribution in [1.29, 1.82) is 0 Å². The van der Waals surface area contributed by atoms with Gasteiger partial charge in [0.2, 0.25) is 0 Å². The van der Waals surface area contributed by atoms with E-state index < -0.39 is 29.6 Å². The maximum atomic E-state index is 11.4. The van der Waals surface area contributed by atoms with Crippen molar-refractivity contribution in [3.8, 4) is 0 Å². The molecule has 7 nitrogen and oxygen atoms in total. The molecular weight excluding hydrogens is 254 g/mol. The minimum absolute atomic E-state index is 0.281. The van der Waals surface area contributed by atoms with Gasteiger partial charge in [-0.25, -0.2) is 14.4 Å². The van der Waals surface area contributed by atoms with Crippen LogP contribution in [0.1, 0.15) is 27.7 Å². The molecule has 0 rings (SSSR count). The van der Waals surface area contributed by atoms with Crippen molar-refractivity contribution in [3.63, 3.8) is 0 Å². The summed E-state index contributed by atoms with van der Waals surface area (Å²) in [6.45, 7) is 6.37. The number of carbonyl (C=O) groups excluding carboxylic acids is 3. The lowest BCUT2D eigenvalue weighted by molar-refractivity contribution is -0.171. The highest BCUT2D eigenvalue weighted by molar-refractivity contribution is 6.25. The first-order chi connectivity index (χ1) is 8.65. The summed E-state index contributed by atoms with van der Waals surface area (Å²) in [5.41, 5.74) is -0.446. The quantitative estimate of drug-likeness (QED) is 0.411. The number of carbonyl (C=O) groups is 3. The Hall–Kier alpha value is -1.76. The standard InChI is InChI=1S/C12H19NO6/c1-8(18-10(15)7-17-5)11(16)19-9(14)6-13-12(2,3)4/h6,8H,7H2,1-5H3. The molecule has 0 bridgehead atoms. The Labute approximate surface area is 111 Å². The Morgan fingerprint density at radius 1 is 1.26 bits per heavy atom. The van der Waals surface area contributed by atoms with Gasteiger partial charge in [-0.3, -0.25) is 4.99 Å². The van der Waals surface area contributed by atoms with E-state index in [2.05, 4.69) is 19.2 Å². The van der Waals surface area contributed by atoms with Crippen molar-refractivity contribution in [2.75, 3.05) is 13.7 Å². The highest BCUT2D eigenvalue weighted by Crippen LogP contribution is 2.04. The number of hydrogen-bond acceptors (Lipinski definition) is 7. The summed E-state index contributed by atoms with van der Waals surface area (Å²) in [7, 11) is 1.32. The maximum absolute atomic E-state index is 11.4. The van der Waals surface area contributed by atoms with Crippen LogP contribution in [-0.2, 0) is 28.6 Å². The molecule has 1 unspecified atom stereocenters. The van der Waals surface area contributed by atoms with Gasteiger partial charge in [0.1, 0.15) is 12.8 Å². The SMILES string of the molecule is COCC(=O)OC(C)C(=O)OC(=O)C=NC(C)(C)C. The molecule has 0 aliphatic rings. The average Bonchev–Trinajstić information content (AvgIpc) is 2.25. The third kappa shape index (κ3) is 8.90. The minimum Gasteiger partial charge on any atom is -0.449 e. The van der Waals surface area contributed by atoms with E-state index in [1.807, 2.05) is 0 Å². The van der Waals surface area contributed by atoms with E-state index >= 15 is 0 Å². The second-order valence-electron chi connectivity index (χ2n) is 4.73. The van der Waals surface area contributed by atoms with Gasteiger partial charge in [0.25, 0.3) is 0 Å². The Kier molecular flexibility index (Phi) is 6.92. The van der Waals surface area contributed by atoms with Crippen LogP contribution in [0.15, 0.2) is 4.99 Å². The smallest absolute Gasteiger partial charge is 0.356 e. The van der Waals surface area contributed by atoms with Crippen molar-refractivity contribution in [2.24, 2.45) is 4.99 Å². The topological polar surface area (TPSA) is 91.3 Å². The predicted molar refractivity (Wildman–Crippen MR) is 66.8 cm³/mol. The lowest BCUT2D eigenvalue weighted by Gasteiger charge is -2.12. The lowest BCUT2D eigenvalue weighted by Crippen LogP contribution is -2.30. The molecular formula is C12H19NO6. The first-order valence-electron chi connectivity index (χ1n) is 5.65. The van der Waals surface area contributed by atoms with E-state index in [1.54, 1.807) is 20.8 Å². The third-order valence-electron chi connectivity index (χ3n) is 1.66. The van der Waals surface area contributed by atoms with Crippen LogP contribution in [0, 0.1) is 0 Å². The minimum atomic E-state index is -1.19. The predicted octanol–water partition coefficient (Wildman–Crippen LogP) is 0.504. The van der Waals surface area contributed by atoms with E-state index in [9.17, 15) is 14.4 Å². The van der Waals surface area contributed by atoms with Gasteiger partial charge >= 0.3 is 17.9 Å². The Balaban J connectivity index is 4.26. The van der Waals surface area contributed by atoms with Gasteiger partial charge in [0.05, 0.1) is 5.54 Å². The van der Waals surface area contributed by atoms with E-state index in [1.165, 1.54) is 14.0 Å². The maximum Gasteiger partial charge on any atom is 0.356 e. The normalized spacial score (nSPS) is 13.1. The van der Waals surface area contributed by atoms with Crippen LogP contribution in [0.4, 0.5) is 0 Å². The molecule has 0 aromatic carbocycles. The van der Waals surface area contributed by atoms with E-state index in [0.717, 1.165) is 6.21 Å². The zero-order valence-corrected chi connectivity index (χ0v) is 11.8. The summed E-state index contributed by atoms with van der Waals surface area (Å²) in [5.74, 6) is -2.59. The van der Waals surface area contributed by atoms with Crippen LogP contribution >= 0.6 is 0 Å². The summed E-state index contributed by atoms with van der Waals surface area (Å²) in [4.78, 5) is 37.6. The van der Waals surface area contributed by atoms with Crippen molar-refractivity contribution in [1.82, 2.24) is 0 Å². The third-order valence-corrected chi connectivity index (χ3v) is 1.66. The molecule has 108 valence electrons. The van der Waals surface area contributed by atoms with Crippen LogP contribution in [0.2, 0.25) is 0 Å². The molecule has 7 heteroatoms. The number of methoxy groups -OCH3 is 1. The summed E-state index contributed by atoms with van der Waals surface area (Å²) in [6, 6.07) is 0. The Morgan fingerprint density at radius 3 is 2.32 bits per heavy atom. The molecule has 0 radical (unpaired) electrons. The molecule has 0 aromatic rings. The van der Waals surface area contributed by atoms with Crippen LogP contribution in [0.25, 0.3) is 0 Å². The molecule has 0 aromatic heterocycles. The number of rotatable bonds is 5. The lowest BCUT2D eigenvalue weighted by atomic mass is 10.1. The van der Waals surface area contributed by atoms with Gasteiger partial charge in [0.15, 0.2) is 6.10 Å². The van der Waals surface area contributed by atoms with Gasteiger partial charge in [-0.15, -0.1) is 0 Å². The summed E-state index contributed by atoms with van der Waals surface area (Å²) in [6.07, 6.45) is -0.267. The van der Waals surface area contributed by atoms with Crippen LogP contribution in [0.3, 0.4) is 0 Å². The number of aliphatic imine (C=N–C) groups is 1. The Bertz CT molecular complexity index is 369. The van der Waals surface area contributed by atoms with Crippen molar-refractivity contribution in [3.05, 3.63) is 0 Å². The first-order valence-corrected chi connectivity index (χ1v) is 5.65. The second kappa shape index (κ2) is 7.63. The zero-order valence-electron chi connectivity index (χ0n) is 11.8. The number of nitrogens with zero attached hydrogens (tertiary/aromatic N) is 1. The number of hydrogen-bond donors (Lipinski definition) is 0. The zero-order chi connectivity index (χ0) is 15.1. The molecule has 0 saturated heterocycles. The molecule has 0 amide bonds. The summed E-state index contributed by atoms with van der Waals surface area (Å²) >= 11 is 0. The average molecular weight is 273 g/mol. The van der Waals surface area contributed by atoms with Gasteiger partial charge in [-0.2, -0.15) is 0 Å². The molecule has 1 atom stereocenters. The van der Waals surface area contributed by atoms with E-state index in [0.29, 0.717) is 0 Å². The van der Waals surface area contributed by atoms with Crippen LogP contribution in [0.5, 0.6) is 0 Å². The summed E-state index contributed by atoms with van der Waals surface area (Å²) in [5, 5.41) is 0. The molecule has 0 aliphatic heterocycles. The van der Waals surface area contributed by atoms with Gasteiger partial charge < -0.3 is 14.2 Å². The van der Waals surface area contributed by atoms with Crippen molar-refractivity contribution < 1.29 is 28.6 Å². The van der Waals surface area contributed by atoms with Gasteiger partial charge in [-0.1, -0.05) is 0 Å². The molecule has 0 aliphatic carbocycles. The molecule has 0 saturated carbocycles.